The van der Waals surface area contributed by atoms with Crippen LogP contribution in [0.5, 0.6) is 0 Å². The third-order valence-corrected chi connectivity index (χ3v) is 3.08. The summed E-state index contributed by atoms with van der Waals surface area (Å²) in [7, 11) is 0. The summed E-state index contributed by atoms with van der Waals surface area (Å²) >= 11 is 1.10. The number of nitrogens with zero attached hydrogens (tertiary/aromatic N) is 2. The van der Waals surface area contributed by atoms with Crippen molar-refractivity contribution in [1.82, 2.24) is 10.3 Å². The molecule has 0 spiro atoms. The molecular formula is C11H10N4O5S. The highest BCUT2D eigenvalue weighted by molar-refractivity contribution is 7.14. The lowest BCUT2D eigenvalue weighted by Crippen LogP contribution is -2.33. The molecule has 0 saturated carbocycles. The van der Waals surface area contributed by atoms with Gasteiger partial charge in [-0.25, -0.2) is 9.78 Å². The lowest BCUT2D eigenvalue weighted by molar-refractivity contribution is -0.401. The molecule has 110 valence electrons. The zero-order valence-corrected chi connectivity index (χ0v) is 11.6. The third-order valence-electron chi connectivity index (χ3n) is 2.32. The highest BCUT2D eigenvalue weighted by atomic mass is 32.1. The standard InChI is InChI=1S/C11H10N4O5S/c1-2-8(16)13-10(17)14-11-12-6(5-21-11)7-3-4-9(20-7)15(18)19/h3-5H,2H2,1H3,(H2,12,13,14,16,17). The molecule has 0 aromatic carbocycles. The Balaban J connectivity index is 2.05. The smallest absolute Gasteiger partial charge is 0.399 e. The molecule has 2 heterocycles. The largest absolute Gasteiger partial charge is 0.433 e. The van der Waals surface area contributed by atoms with Gasteiger partial charge >= 0.3 is 11.9 Å². The Labute approximate surface area is 122 Å². The Morgan fingerprint density at radius 3 is 2.86 bits per heavy atom. The van der Waals surface area contributed by atoms with E-state index in [0.29, 0.717) is 5.69 Å². The Morgan fingerprint density at radius 2 is 2.24 bits per heavy atom. The fraction of sp³-hybridized carbons (Fsp3) is 0.182. The summed E-state index contributed by atoms with van der Waals surface area (Å²) in [5.74, 6) is -0.583. The molecule has 0 saturated heterocycles. The van der Waals surface area contributed by atoms with Crippen LogP contribution in [0.15, 0.2) is 21.9 Å². The third kappa shape index (κ3) is 3.63. The van der Waals surface area contributed by atoms with E-state index < -0.39 is 22.7 Å². The molecule has 2 aromatic rings. The van der Waals surface area contributed by atoms with Gasteiger partial charge in [0.15, 0.2) is 10.9 Å². The summed E-state index contributed by atoms with van der Waals surface area (Å²) in [6.07, 6.45) is 0.187. The molecule has 0 fully saturated rings. The summed E-state index contributed by atoms with van der Waals surface area (Å²) in [5.41, 5.74) is 0.352. The van der Waals surface area contributed by atoms with Crippen molar-refractivity contribution < 1.29 is 18.9 Å². The first-order valence-corrected chi connectivity index (χ1v) is 6.68. The number of furan rings is 1. The molecule has 0 unspecified atom stereocenters. The number of thiazole rings is 1. The molecule has 3 amide bonds. The molecule has 0 aliphatic heterocycles. The van der Waals surface area contributed by atoms with Crippen molar-refractivity contribution in [2.45, 2.75) is 13.3 Å². The Bertz CT molecular complexity index is 692. The van der Waals surface area contributed by atoms with E-state index in [4.69, 9.17) is 4.42 Å². The molecule has 2 N–H and O–H groups in total. The number of nitrogens with one attached hydrogen (secondary N) is 2. The Kier molecular flexibility index (Phi) is 4.28. The molecule has 0 radical (unpaired) electrons. The van der Waals surface area contributed by atoms with E-state index in [9.17, 15) is 19.7 Å². The number of nitro groups is 1. The van der Waals surface area contributed by atoms with Crippen LogP contribution in [-0.2, 0) is 4.79 Å². The summed E-state index contributed by atoms with van der Waals surface area (Å²) in [4.78, 5) is 36.4. The number of anilines is 1. The summed E-state index contributed by atoms with van der Waals surface area (Å²) in [6.45, 7) is 1.62. The van der Waals surface area contributed by atoms with Gasteiger partial charge in [0.2, 0.25) is 5.91 Å². The van der Waals surface area contributed by atoms with Gasteiger partial charge in [-0.05, 0) is 6.07 Å². The molecule has 21 heavy (non-hydrogen) atoms. The van der Waals surface area contributed by atoms with Crippen molar-refractivity contribution in [2.75, 3.05) is 5.32 Å². The van der Waals surface area contributed by atoms with Crippen molar-refractivity contribution >= 4 is 34.3 Å². The zero-order chi connectivity index (χ0) is 15.4. The molecule has 0 atom stereocenters. The first kappa shape index (κ1) is 14.7. The fourth-order valence-corrected chi connectivity index (χ4v) is 2.05. The number of carbonyl (C=O) groups is 2. The quantitative estimate of drug-likeness (QED) is 0.659. The van der Waals surface area contributed by atoms with Gasteiger partial charge in [-0.3, -0.25) is 25.5 Å². The van der Waals surface area contributed by atoms with Gasteiger partial charge < -0.3 is 4.42 Å². The first-order chi connectivity index (χ1) is 9.99. The molecule has 2 aromatic heterocycles. The van der Waals surface area contributed by atoms with Gasteiger partial charge in [0.05, 0.1) is 6.07 Å². The van der Waals surface area contributed by atoms with E-state index in [-0.39, 0.29) is 17.3 Å². The average molecular weight is 310 g/mol. The summed E-state index contributed by atoms with van der Waals surface area (Å²) < 4.78 is 4.99. The number of aromatic nitrogens is 1. The van der Waals surface area contributed by atoms with Crippen molar-refractivity contribution in [3.63, 3.8) is 0 Å². The number of hydrogen-bond acceptors (Lipinski definition) is 7. The van der Waals surface area contributed by atoms with Crippen molar-refractivity contribution in [1.29, 1.82) is 0 Å². The van der Waals surface area contributed by atoms with E-state index in [2.05, 4.69) is 15.6 Å². The van der Waals surface area contributed by atoms with Crippen LogP contribution in [-0.4, -0.2) is 21.8 Å². The maximum absolute atomic E-state index is 11.4. The minimum Gasteiger partial charge on any atom is -0.399 e. The molecule has 2 rings (SSSR count). The topological polar surface area (TPSA) is 127 Å². The van der Waals surface area contributed by atoms with Crippen LogP contribution in [0.4, 0.5) is 15.8 Å². The maximum atomic E-state index is 11.4. The number of amides is 3. The number of urea groups is 1. The second kappa shape index (κ2) is 6.13. The average Bonchev–Trinajstić information content (AvgIpc) is 3.06. The molecule has 0 aliphatic carbocycles. The van der Waals surface area contributed by atoms with Gasteiger partial charge in [-0.2, -0.15) is 0 Å². The highest BCUT2D eigenvalue weighted by Crippen LogP contribution is 2.28. The number of rotatable bonds is 4. The zero-order valence-electron chi connectivity index (χ0n) is 10.8. The van der Waals surface area contributed by atoms with Gasteiger partial charge in [-0.15, -0.1) is 11.3 Å². The van der Waals surface area contributed by atoms with Crippen LogP contribution in [0.3, 0.4) is 0 Å². The number of imide groups is 1. The van der Waals surface area contributed by atoms with Gasteiger partial charge in [0.1, 0.15) is 10.6 Å². The molecular weight excluding hydrogens is 300 g/mol. The van der Waals surface area contributed by atoms with E-state index in [1.807, 2.05) is 0 Å². The molecule has 0 aliphatic rings. The molecule has 10 heteroatoms. The lowest BCUT2D eigenvalue weighted by atomic mass is 10.4. The van der Waals surface area contributed by atoms with Crippen LogP contribution in [0.25, 0.3) is 11.5 Å². The lowest BCUT2D eigenvalue weighted by Gasteiger charge is -2.01. The Hall–Kier alpha value is -2.75. The Morgan fingerprint density at radius 1 is 1.48 bits per heavy atom. The van der Waals surface area contributed by atoms with Crippen molar-refractivity contribution in [3.05, 3.63) is 27.6 Å². The predicted octanol–water partition coefficient (Wildman–Crippen LogP) is 2.37. The van der Waals surface area contributed by atoms with Crippen LogP contribution < -0.4 is 10.6 Å². The molecule has 0 bridgehead atoms. The first-order valence-electron chi connectivity index (χ1n) is 5.80. The van der Waals surface area contributed by atoms with E-state index in [1.54, 1.807) is 12.3 Å². The minimum absolute atomic E-state index is 0.187. The van der Waals surface area contributed by atoms with Gasteiger partial charge in [0.25, 0.3) is 0 Å². The van der Waals surface area contributed by atoms with Crippen LogP contribution in [0, 0.1) is 10.1 Å². The monoisotopic (exact) mass is 310 g/mol. The second-order valence-corrected chi connectivity index (χ2v) is 4.65. The number of carbonyl (C=O) groups excluding carboxylic acids is 2. The summed E-state index contributed by atoms with van der Waals surface area (Å²) in [5, 5.41) is 16.8. The van der Waals surface area contributed by atoms with Crippen molar-refractivity contribution in [3.8, 4) is 11.5 Å². The normalized spacial score (nSPS) is 10.1. The second-order valence-electron chi connectivity index (χ2n) is 3.79. The van der Waals surface area contributed by atoms with Crippen LogP contribution in [0.2, 0.25) is 0 Å². The van der Waals surface area contributed by atoms with Crippen LogP contribution in [0.1, 0.15) is 13.3 Å². The minimum atomic E-state index is -0.687. The fourth-order valence-electron chi connectivity index (χ4n) is 1.35. The SMILES string of the molecule is CCC(=O)NC(=O)Nc1nc(-c2ccc([N+](=O)[O-])o2)cs1. The maximum Gasteiger partial charge on any atom is 0.433 e. The van der Waals surface area contributed by atoms with Gasteiger partial charge in [-0.1, -0.05) is 6.92 Å². The van der Waals surface area contributed by atoms with Gasteiger partial charge in [0, 0.05) is 11.8 Å². The summed E-state index contributed by atoms with van der Waals surface area (Å²) in [6, 6.07) is 1.94. The molecule has 9 nitrogen and oxygen atoms in total. The van der Waals surface area contributed by atoms with E-state index in [0.717, 1.165) is 11.3 Å². The number of hydrogen-bond donors (Lipinski definition) is 2. The highest BCUT2D eigenvalue weighted by Gasteiger charge is 2.16. The van der Waals surface area contributed by atoms with Crippen LogP contribution >= 0.6 is 11.3 Å². The predicted molar refractivity (Wildman–Crippen MR) is 73.9 cm³/mol. The van der Waals surface area contributed by atoms with E-state index in [1.165, 1.54) is 12.1 Å². The van der Waals surface area contributed by atoms with E-state index >= 15 is 0 Å². The van der Waals surface area contributed by atoms with Crippen molar-refractivity contribution in [2.24, 2.45) is 0 Å².